The van der Waals surface area contributed by atoms with E-state index < -0.39 is 71.9 Å². The van der Waals surface area contributed by atoms with Gasteiger partial charge in [-0.3, -0.25) is 14.2 Å². The molecule has 0 unspecified atom stereocenters. The molecule has 2 N–H and O–H groups in total. The molecule has 1 amide bonds. The normalized spacial score (nSPS) is 14.3. The van der Waals surface area contributed by atoms with Crippen LogP contribution in [0.5, 0.6) is 0 Å². The van der Waals surface area contributed by atoms with Crippen LogP contribution in [-0.4, -0.2) is 63.3 Å². The van der Waals surface area contributed by atoms with Crippen LogP contribution < -0.4 is 10.0 Å². The summed E-state index contributed by atoms with van der Waals surface area (Å²) in [6.07, 6.45) is -1.64. The predicted molar refractivity (Wildman–Crippen MR) is 198 cm³/mol. The number of fused-ring (bicyclic) bond motifs is 1. The van der Waals surface area contributed by atoms with Gasteiger partial charge >= 0.3 is 6.18 Å². The van der Waals surface area contributed by atoms with Gasteiger partial charge in [0.15, 0.2) is 21.3 Å². The van der Waals surface area contributed by atoms with Crippen molar-refractivity contribution >= 4 is 54.1 Å². The van der Waals surface area contributed by atoms with Gasteiger partial charge in [0, 0.05) is 30.4 Å². The number of sulfonamides is 1. The molecule has 1 fully saturated rings. The molecule has 296 valence electrons. The Hall–Kier alpha value is -5.06. The van der Waals surface area contributed by atoms with Crippen LogP contribution in [0.3, 0.4) is 0 Å². The number of halogens is 6. The van der Waals surface area contributed by atoms with Crippen molar-refractivity contribution in [2.45, 2.75) is 61.9 Å². The average molecular weight is 838 g/mol. The van der Waals surface area contributed by atoms with Crippen molar-refractivity contribution in [3.63, 3.8) is 0 Å². The molecule has 2 aromatic carbocycles. The molecule has 1 aliphatic rings. The van der Waals surface area contributed by atoms with Crippen molar-refractivity contribution in [3.8, 4) is 23.0 Å². The maximum Gasteiger partial charge on any atom is 0.434 e. The zero-order valence-electron chi connectivity index (χ0n) is 30.0. The fraction of sp³-hybridized carbons (Fsp3) is 0.333. The zero-order chi connectivity index (χ0) is 41.0. The van der Waals surface area contributed by atoms with Gasteiger partial charge in [-0.05, 0) is 74.9 Å². The highest BCUT2D eigenvalue weighted by atomic mass is 35.5. The summed E-state index contributed by atoms with van der Waals surface area (Å²) in [6.45, 7) is 2.30. The third-order valence-electron chi connectivity index (χ3n) is 8.88. The number of anilines is 1. The van der Waals surface area contributed by atoms with E-state index in [1.54, 1.807) is 12.1 Å². The van der Waals surface area contributed by atoms with Crippen molar-refractivity contribution in [3.05, 3.63) is 94.3 Å². The van der Waals surface area contributed by atoms with Gasteiger partial charge in [0.2, 0.25) is 15.9 Å². The van der Waals surface area contributed by atoms with Gasteiger partial charge in [-0.2, -0.15) is 18.3 Å². The van der Waals surface area contributed by atoms with Crippen LogP contribution in [0.15, 0.2) is 55.0 Å². The molecular formula is C36H33ClF5N7O5S2. The Kier molecular flexibility index (Phi) is 10.7. The van der Waals surface area contributed by atoms with Gasteiger partial charge in [0.1, 0.15) is 28.6 Å². The number of hydrogen-bond acceptors (Lipinski definition) is 8. The zero-order valence-corrected chi connectivity index (χ0v) is 32.4. The van der Waals surface area contributed by atoms with Gasteiger partial charge < -0.3 is 9.88 Å². The number of imidazole rings is 1. The molecule has 56 heavy (non-hydrogen) atoms. The summed E-state index contributed by atoms with van der Waals surface area (Å²) in [6, 6.07) is 7.57. The van der Waals surface area contributed by atoms with Crippen molar-refractivity contribution in [1.82, 2.24) is 29.6 Å². The van der Waals surface area contributed by atoms with E-state index in [0.29, 0.717) is 36.2 Å². The second kappa shape index (κ2) is 14.8. The van der Waals surface area contributed by atoms with Crippen LogP contribution in [0.1, 0.15) is 55.4 Å². The Balaban J connectivity index is 1.54. The molecule has 20 heteroatoms. The van der Waals surface area contributed by atoms with E-state index >= 15 is 0 Å². The van der Waals surface area contributed by atoms with Crippen LogP contribution >= 0.6 is 11.6 Å². The topological polar surface area (TPSA) is 158 Å². The van der Waals surface area contributed by atoms with Crippen molar-refractivity contribution in [1.29, 1.82) is 0 Å². The minimum atomic E-state index is -4.77. The number of rotatable bonds is 11. The fourth-order valence-electron chi connectivity index (χ4n) is 6.14. The largest absolute Gasteiger partial charge is 0.434 e. The minimum absolute atomic E-state index is 0.0433. The molecule has 0 saturated heterocycles. The van der Waals surface area contributed by atoms with E-state index in [0.717, 1.165) is 29.3 Å². The third kappa shape index (κ3) is 8.82. The molecule has 1 atom stereocenters. The van der Waals surface area contributed by atoms with E-state index in [4.69, 9.17) is 16.6 Å². The number of nitrogens with zero attached hydrogens (tertiary/aromatic N) is 5. The quantitative estimate of drug-likeness (QED) is 0.122. The molecule has 1 aliphatic carbocycles. The first-order valence-electron chi connectivity index (χ1n) is 16.8. The third-order valence-corrected chi connectivity index (χ3v) is 12.6. The second-order valence-corrected chi connectivity index (χ2v) is 18.8. The molecule has 0 spiro atoms. The number of aryl methyl sites for hydroxylation is 1. The van der Waals surface area contributed by atoms with E-state index in [1.807, 2.05) is 0 Å². The summed E-state index contributed by atoms with van der Waals surface area (Å²) in [7, 11) is -5.94. The molecule has 12 nitrogen and oxygen atoms in total. The highest BCUT2D eigenvalue weighted by Gasteiger charge is 2.45. The van der Waals surface area contributed by atoms with Crippen molar-refractivity contribution in [2.75, 3.05) is 11.0 Å². The van der Waals surface area contributed by atoms with E-state index in [1.165, 1.54) is 37.7 Å². The van der Waals surface area contributed by atoms with Gasteiger partial charge in [0.25, 0.3) is 0 Å². The lowest BCUT2D eigenvalue weighted by Gasteiger charge is -2.23. The lowest BCUT2D eigenvalue weighted by molar-refractivity contribution is -0.141. The number of pyridine rings is 1. The van der Waals surface area contributed by atoms with Crippen molar-refractivity contribution < 1.29 is 43.6 Å². The summed E-state index contributed by atoms with van der Waals surface area (Å²) in [5.41, 5.74) is -0.131. The van der Waals surface area contributed by atoms with E-state index in [9.17, 15) is 43.6 Å². The Morgan fingerprint density at radius 2 is 1.70 bits per heavy atom. The van der Waals surface area contributed by atoms with Gasteiger partial charge in [-0.25, -0.2) is 35.6 Å². The number of benzene rings is 2. The molecule has 3 aromatic heterocycles. The number of carbonyl (C=O) groups is 1. The van der Waals surface area contributed by atoms with Gasteiger partial charge in [-0.1, -0.05) is 23.6 Å². The highest BCUT2D eigenvalue weighted by Crippen LogP contribution is 2.40. The standard InChI is InChI=1S/C36H33ClF5N7O5S2/c1-35(2,56(53,54)24-6-7-24)12-11-23-5-8-25(26-9-10-27(37)31-33(26)48(3)46-34(31)47-55(4,51)52)32(44-23)28(15-20-13-21(38)16-22(39)14-20)45-30(50)18-49-17-29(43-19-49)36(40,41)42/h5,8-10,13-14,16-17,19,24,28H,6-7,15,18H2,1-4H3,(H,45,50)(H,46,47)/t28-/m0/s1. The number of nitrogens with one attached hydrogen (secondary N) is 2. The number of sulfone groups is 1. The molecule has 0 bridgehead atoms. The lowest BCUT2D eigenvalue weighted by Crippen LogP contribution is -2.34. The monoisotopic (exact) mass is 837 g/mol. The number of carbonyl (C=O) groups excluding carboxylic acids is 1. The van der Waals surface area contributed by atoms with Crippen LogP contribution in [0.25, 0.3) is 22.0 Å². The summed E-state index contributed by atoms with van der Waals surface area (Å²) in [4.78, 5) is 21.6. The number of hydrogen-bond donors (Lipinski definition) is 2. The summed E-state index contributed by atoms with van der Waals surface area (Å²) >= 11 is 6.57. The van der Waals surface area contributed by atoms with Gasteiger partial charge in [-0.15, -0.1) is 0 Å². The highest BCUT2D eigenvalue weighted by molar-refractivity contribution is 7.93. The Bertz CT molecular complexity index is 2640. The van der Waals surface area contributed by atoms with Crippen LogP contribution in [0, 0.1) is 23.5 Å². The number of aromatic nitrogens is 5. The Labute approximate surface area is 323 Å². The Morgan fingerprint density at radius 1 is 1.04 bits per heavy atom. The van der Waals surface area contributed by atoms with E-state index in [2.05, 4.69) is 32.0 Å². The van der Waals surface area contributed by atoms with Crippen molar-refractivity contribution in [2.24, 2.45) is 7.05 Å². The maximum absolute atomic E-state index is 14.5. The summed E-state index contributed by atoms with van der Waals surface area (Å²) in [5, 5.41) is 6.85. The summed E-state index contributed by atoms with van der Waals surface area (Å²) in [5.74, 6) is 2.85. The fourth-order valence-corrected chi connectivity index (χ4v) is 8.66. The summed E-state index contributed by atoms with van der Waals surface area (Å²) < 4.78 is 123. The molecule has 1 saturated carbocycles. The van der Waals surface area contributed by atoms with Crippen LogP contribution in [0.4, 0.5) is 27.8 Å². The molecule has 3 heterocycles. The predicted octanol–water partition coefficient (Wildman–Crippen LogP) is 5.96. The van der Waals surface area contributed by atoms with Crippen LogP contribution in [-0.2, 0) is 50.8 Å². The Morgan fingerprint density at radius 3 is 2.30 bits per heavy atom. The number of amides is 1. The average Bonchev–Trinajstić information content (AvgIpc) is 3.75. The first kappa shape index (κ1) is 40.6. The molecule has 0 radical (unpaired) electrons. The van der Waals surface area contributed by atoms with Gasteiger partial charge in [0.05, 0.1) is 45.5 Å². The smallest absolute Gasteiger partial charge is 0.346 e. The second-order valence-electron chi connectivity index (χ2n) is 13.8. The molecule has 5 aromatic rings. The SMILES string of the molecule is Cn1nc(NS(C)(=O)=O)c2c(Cl)ccc(-c3ccc(C#CC(C)(C)S(=O)(=O)C4CC4)nc3[C@H](Cc3cc(F)cc(F)c3)NC(=O)Cn3cnc(C(F)(F)F)c3)c21. The number of alkyl halides is 3. The van der Waals surface area contributed by atoms with Crippen LogP contribution in [0.2, 0.25) is 5.02 Å². The first-order valence-corrected chi connectivity index (χ1v) is 20.6. The lowest BCUT2D eigenvalue weighted by atomic mass is 9.93. The molecular weight excluding hydrogens is 805 g/mol. The minimum Gasteiger partial charge on any atom is -0.346 e. The van der Waals surface area contributed by atoms with E-state index in [-0.39, 0.29) is 45.2 Å². The maximum atomic E-state index is 14.5. The molecule has 0 aliphatic heterocycles. The first-order chi connectivity index (χ1) is 26.0. The molecule has 6 rings (SSSR count).